The van der Waals surface area contributed by atoms with Crippen molar-refractivity contribution >= 4 is 38.9 Å². The molecule has 0 aliphatic rings. The molecule has 0 saturated carbocycles. The molecule has 0 amide bonds. The van der Waals surface area contributed by atoms with Gasteiger partial charge in [-0.25, -0.2) is 4.68 Å². The zero-order valence-corrected chi connectivity index (χ0v) is 15.6. The van der Waals surface area contributed by atoms with E-state index in [0.29, 0.717) is 11.7 Å². The van der Waals surface area contributed by atoms with Crippen LogP contribution < -0.4 is 5.32 Å². The van der Waals surface area contributed by atoms with Gasteiger partial charge in [0.15, 0.2) is 5.11 Å². The second kappa shape index (κ2) is 7.59. The molecular formula is C18H17BrN4S. The third-order valence-corrected chi connectivity index (χ3v) is 4.41. The standard InChI is InChI=1S/C18H17BrN4S/c1-22(18(24)21-16-7-5-6-15(19)10-16)12-14-11-20-23(13-14)17-8-3-2-4-9-17/h2-11,13H,12H2,1H3,(H,21,24). The molecule has 0 aliphatic carbocycles. The molecule has 0 spiro atoms. The summed E-state index contributed by atoms with van der Waals surface area (Å²) in [4.78, 5) is 1.99. The zero-order chi connectivity index (χ0) is 16.9. The van der Waals surface area contributed by atoms with Crippen molar-refractivity contribution in [2.75, 3.05) is 12.4 Å². The molecule has 2 aromatic carbocycles. The number of nitrogens with one attached hydrogen (secondary N) is 1. The van der Waals surface area contributed by atoms with Gasteiger partial charge < -0.3 is 10.2 Å². The monoisotopic (exact) mass is 400 g/mol. The van der Waals surface area contributed by atoms with Crippen LogP contribution in [0.3, 0.4) is 0 Å². The van der Waals surface area contributed by atoms with Crippen molar-refractivity contribution in [2.24, 2.45) is 0 Å². The molecule has 0 radical (unpaired) electrons. The summed E-state index contributed by atoms with van der Waals surface area (Å²) in [5.74, 6) is 0. The van der Waals surface area contributed by atoms with Crippen LogP contribution in [0.1, 0.15) is 5.56 Å². The Labute approximate surface area is 155 Å². The summed E-state index contributed by atoms with van der Waals surface area (Å²) >= 11 is 8.93. The van der Waals surface area contributed by atoms with Crippen LogP contribution in [-0.2, 0) is 6.54 Å². The molecular weight excluding hydrogens is 384 g/mol. The summed E-state index contributed by atoms with van der Waals surface area (Å²) in [6, 6.07) is 18.0. The first-order valence-electron chi connectivity index (χ1n) is 7.48. The fourth-order valence-electron chi connectivity index (χ4n) is 2.29. The maximum Gasteiger partial charge on any atom is 0.173 e. The lowest BCUT2D eigenvalue weighted by Crippen LogP contribution is -2.30. The Morgan fingerprint density at radius 3 is 2.75 bits per heavy atom. The minimum absolute atomic E-state index is 0.667. The topological polar surface area (TPSA) is 33.1 Å². The van der Waals surface area contributed by atoms with Crippen molar-refractivity contribution in [3.8, 4) is 5.69 Å². The van der Waals surface area contributed by atoms with Crippen molar-refractivity contribution in [2.45, 2.75) is 6.54 Å². The molecule has 0 fully saturated rings. The fraction of sp³-hybridized carbons (Fsp3) is 0.111. The van der Waals surface area contributed by atoms with Crippen LogP contribution in [0.15, 0.2) is 71.5 Å². The molecule has 0 unspecified atom stereocenters. The van der Waals surface area contributed by atoms with E-state index in [9.17, 15) is 0 Å². The van der Waals surface area contributed by atoms with Crippen molar-refractivity contribution in [1.29, 1.82) is 0 Å². The first kappa shape index (κ1) is 16.7. The highest BCUT2D eigenvalue weighted by Gasteiger charge is 2.08. The lowest BCUT2D eigenvalue weighted by Gasteiger charge is -2.20. The number of nitrogens with zero attached hydrogens (tertiary/aromatic N) is 3. The summed E-state index contributed by atoms with van der Waals surface area (Å²) in [6.07, 6.45) is 3.89. The van der Waals surface area contributed by atoms with Gasteiger partial charge in [0.05, 0.1) is 11.9 Å². The molecule has 122 valence electrons. The minimum atomic E-state index is 0.667. The van der Waals surface area contributed by atoms with Crippen LogP contribution >= 0.6 is 28.1 Å². The third-order valence-electron chi connectivity index (χ3n) is 3.50. The number of halogens is 1. The number of aromatic nitrogens is 2. The predicted molar refractivity (Wildman–Crippen MR) is 105 cm³/mol. The van der Waals surface area contributed by atoms with Crippen LogP contribution in [0.4, 0.5) is 5.69 Å². The van der Waals surface area contributed by atoms with E-state index >= 15 is 0 Å². The first-order valence-corrected chi connectivity index (χ1v) is 8.68. The van der Waals surface area contributed by atoms with E-state index in [2.05, 4.69) is 26.3 Å². The molecule has 24 heavy (non-hydrogen) atoms. The number of hydrogen-bond donors (Lipinski definition) is 1. The fourth-order valence-corrected chi connectivity index (χ4v) is 2.88. The van der Waals surface area contributed by atoms with Crippen molar-refractivity contribution in [3.05, 3.63) is 77.0 Å². The number of thiocarbonyl (C=S) groups is 1. The maximum atomic E-state index is 5.47. The van der Waals surface area contributed by atoms with Crippen molar-refractivity contribution in [1.82, 2.24) is 14.7 Å². The number of benzene rings is 2. The van der Waals surface area contributed by atoms with Gasteiger partial charge in [-0.2, -0.15) is 5.10 Å². The number of rotatable bonds is 4. The van der Waals surface area contributed by atoms with Crippen LogP contribution in [0.25, 0.3) is 5.69 Å². The molecule has 3 aromatic rings. The van der Waals surface area contributed by atoms with E-state index in [4.69, 9.17) is 12.2 Å². The van der Waals surface area contributed by atoms with Crippen LogP contribution in [0, 0.1) is 0 Å². The zero-order valence-electron chi connectivity index (χ0n) is 13.2. The summed E-state index contributed by atoms with van der Waals surface area (Å²) in [5.41, 5.74) is 3.10. The van der Waals surface area contributed by atoms with Gasteiger partial charge in [-0.3, -0.25) is 0 Å². The minimum Gasteiger partial charge on any atom is -0.348 e. The van der Waals surface area contributed by atoms with Gasteiger partial charge in [0.2, 0.25) is 0 Å². The Balaban J connectivity index is 1.63. The summed E-state index contributed by atoms with van der Waals surface area (Å²) in [6.45, 7) is 0.687. The molecule has 1 heterocycles. The smallest absolute Gasteiger partial charge is 0.173 e. The number of hydrogen-bond acceptors (Lipinski definition) is 2. The Morgan fingerprint density at radius 1 is 1.21 bits per heavy atom. The normalized spacial score (nSPS) is 10.4. The van der Waals surface area contributed by atoms with E-state index in [0.717, 1.165) is 21.4 Å². The largest absolute Gasteiger partial charge is 0.348 e. The molecule has 4 nitrogen and oxygen atoms in total. The second-order valence-corrected chi connectivity index (χ2v) is 6.73. The Kier molecular flexibility index (Phi) is 5.27. The van der Waals surface area contributed by atoms with E-state index in [-0.39, 0.29) is 0 Å². The van der Waals surface area contributed by atoms with Gasteiger partial charge in [0.25, 0.3) is 0 Å². The lowest BCUT2D eigenvalue weighted by molar-refractivity contribution is 0.508. The Bertz CT molecular complexity index is 832. The van der Waals surface area contributed by atoms with Crippen LogP contribution in [-0.4, -0.2) is 26.8 Å². The van der Waals surface area contributed by atoms with Gasteiger partial charge in [0, 0.05) is 35.5 Å². The van der Waals surface area contributed by atoms with E-state index in [1.165, 1.54) is 0 Å². The van der Waals surface area contributed by atoms with Gasteiger partial charge in [-0.05, 0) is 42.5 Å². The molecule has 0 aliphatic heterocycles. The second-order valence-electron chi connectivity index (χ2n) is 5.43. The summed E-state index contributed by atoms with van der Waals surface area (Å²) in [5, 5.41) is 8.32. The van der Waals surface area contributed by atoms with Crippen LogP contribution in [0.2, 0.25) is 0 Å². The van der Waals surface area contributed by atoms with Gasteiger partial charge in [-0.1, -0.05) is 40.2 Å². The number of para-hydroxylation sites is 1. The summed E-state index contributed by atoms with van der Waals surface area (Å²) in [7, 11) is 1.97. The van der Waals surface area contributed by atoms with Gasteiger partial charge in [-0.15, -0.1) is 0 Å². The maximum absolute atomic E-state index is 5.47. The highest BCUT2D eigenvalue weighted by molar-refractivity contribution is 9.10. The average molecular weight is 401 g/mol. The van der Waals surface area contributed by atoms with Crippen molar-refractivity contribution in [3.63, 3.8) is 0 Å². The quantitative estimate of drug-likeness (QED) is 0.655. The first-order chi connectivity index (χ1) is 11.6. The van der Waals surface area contributed by atoms with Crippen molar-refractivity contribution < 1.29 is 0 Å². The van der Waals surface area contributed by atoms with Gasteiger partial charge >= 0.3 is 0 Å². The number of anilines is 1. The predicted octanol–water partition coefficient (Wildman–Crippen LogP) is 4.46. The van der Waals surface area contributed by atoms with E-state index in [1.807, 2.05) is 83.6 Å². The molecule has 0 saturated heterocycles. The molecule has 1 aromatic heterocycles. The van der Waals surface area contributed by atoms with Gasteiger partial charge in [0.1, 0.15) is 0 Å². The third kappa shape index (κ3) is 4.21. The highest BCUT2D eigenvalue weighted by Crippen LogP contribution is 2.16. The lowest BCUT2D eigenvalue weighted by atomic mass is 10.3. The molecule has 0 atom stereocenters. The van der Waals surface area contributed by atoms with E-state index in [1.54, 1.807) is 0 Å². The summed E-state index contributed by atoms with van der Waals surface area (Å²) < 4.78 is 2.88. The molecule has 1 N–H and O–H groups in total. The molecule has 0 bridgehead atoms. The average Bonchev–Trinajstić information content (AvgIpc) is 3.04. The Morgan fingerprint density at radius 2 is 2.00 bits per heavy atom. The van der Waals surface area contributed by atoms with E-state index < -0.39 is 0 Å². The Hall–Kier alpha value is -2.18. The SMILES string of the molecule is CN(Cc1cnn(-c2ccccc2)c1)C(=S)Nc1cccc(Br)c1. The van der Waals surface area contributed by atoms with Crippen LogP contribution in [0.5, 0.6) is 0 Å². The molecule has 6 heteroatoms. The molecule has 3 rings (SSSR count). The highest BCUT2D eigenvalue weighted by atomic mass is 79.9.